The number of nitrogens with zero attached hydrogens (tertiary/aromatic N) is 1. The number of urea groups is 1. The number of carboxylic acids is 1. The van der Waals surface area contributed by atoms with E-state index < -0.39 is 23.5 Å². The molecule has 10 nitrogen and oxygen atoms in total. The van der Waals surface area contributed by atoms with Gasteiger partial charge in [-0.25, -0.2) is 9.59 Å². The molecule has 0 aromatic heterocycles. The van der Waals surface area contributed by atoms with Gasteiger partial charge in [-0.2, -0.15) is 0 Å². The smallest absolute Gasteiger partial charge is 0.341 e. The lowest BCUT2D eigenvalue weighted by molar-refractivity contribution is -0.151. The Morgan fingerprint density at radius 1 is 1.38 bits per heavy atom. The Kier molecular flexibility index (Phi) is 7.83. The average molecular weight is 475 g/mol. The van der Waals surface area contributed by atoms with Crippen LogP contribution in [0.2, 0.25) is 0 Å². The predicted molar refractivity (Wildman–Crippen MR) is 127 cm³/mol. The van der Waals surface area contributed by atoms with Gasteiger partial charge in [0.25, 0.3) is 0 Å². The number of carbonyl (C=O) groups is 3. The molecule has 3 rings (SSSR count). The van der Waals surface area contributed by atoms with Crippen molar-refractivity contribution in [3.8, 4) is 5.75 Å². The number of nitrogens with one attached hydrogen (secondary N) is 3. The fraction of sp³-hybridized carbons (Fsp3) is 0.542. The number of esters is 1. The fourth-order valence-electron chi connectivity index (χ4n) is 4.87. The van der Waals surface area contributed by atoms with Crippen molar-refractivity contribution >= 4 is 23.7 Å². The van der Waals surface area contributed by atoms with Gasteiger partial charge in [-0.1, -0.05) is 18.6 Å². The Morgan fingerprint density at radius 3 is 2.68 bits per heavy atom. The summed E-state index contributed by atoms with van der Waals surface area (Å²) in [6.07, 6.45) is 3.10. The first kappa shape index (κ1) is 25.5. The maximum atomic E-state index is 12.5. The number of anilines is 1. The molecule has 2 aliphatic rings. The summed E-state index contributed by atoms with van der Waals surface area (Å²) < 4.78 is 10.9. The summed E-state index contributed by atoms with van der Waals surface area (Å²) in [5.41, 5.74) is 2.69. The molecule has 0 saturated carbocycles. The number of methoxy groups -OCH3 is 1. The molecule has 1 aromatic carbocycles. The van der Waals surface area contributed by atoms with Gasteiger partial charge in [0.05, 0.1) is 18.4 Å². The van der Waals surface area contributed by atoms with Gasteiger partial charge in [0.15, 0.2) is 0 Å². The summed E-state index contributed by atoms with van der Waals surface area (Å²) in [7, 11) is 3.04. The van der Waals surface area contributed by atoms with Gasteiger partial charge < -0.3 is 30.5 Å². The lowest BCUT2D eigenvalue weighted by Crippen LogP contribution is -2.54. The largest absolute Gasteiger partial charge is 0.496 e. The number of allylic oxidation sites excluding steroid dienone is 1. The van der Waals surface area contributed by atoms with Gasteiger partial charge in [0.1, 0.15) is 17.9 Å². The zero-order valence-corrected chi connectivity index (χ0v) is 20.5. The highest BCUT2D eigenvalue weighted by Gasteiger charge is 2.43. The molecular formula is C24H34N4O6. The van der Waals surface area contributed by atoms with Crippen molar-refractivity contribution in [2.45, 2.75) is 52.2 Å². The van der Waals surface area contributed by atoms with Crippen LogP contribution in [0.15, 0.2) is 11.6 Å². The van der Waals surface area contributed by atoms with Crippen molar-refractivity contribution in [1.29, 1.82) is 0 Å². The Labute approximate surface area is 199 Å². The first-order valence-corrected chi connectivity index (χ1v) is 11.4. The van der Waals surface area contributed by atoms with Crippen molar-refractivity contribution < 1.29 is 29.0 Å². The molecule has 2 heterocycles. The Bertz CT molecular complexity index is 1020. The minimum atomic E-state index is -1.00. The van der Waals surface area contributed by atoms with Crippen LogP contribution in [0, 0.1) is 6.92 Å². The molecule has 1 saturated heterocycles. The number of carboxylic acid groups (broad SMARTS) is 1. The highest BCUT2D eigenvalue weighted by molar-refractivity contribution is 6.05. The summed E-state index contributed by atoms with van der Waals surface area (Å²) in [6, 6.07) is -0.466. The van der Waals surface area contributed by atoms with Gasteiger partial charge in [0, 0.05) is 37.9 Å². The number of hydrogen-bond acceptors (Lipinski definition) is 7. The molecule has 4 N–H and O–H groups in total. The zero-order chi connectivity index (χ0) is 25.0. The van der Waals surface area contributed by atoms with Crippen LogP contribution in [-0.2, 0) is 22.6 Å². The maximum Gasteiger partial charge on any atom is 0.341 e. The number of carbonyl (C=O) groups excluding carboxylic acids is 2. The van der Waals surface area contributed by atoms with Crippen LogP contribution in [0.5, 0.6) is 5.75 Å². The van der Waals surface area contributed by atoms with E-state index in [1.165, 1.54) is 7.05 Å². The molecule has 0 aliphatic carbocycles. The number of fused-ring (bicyclic) bond motifs is 1. The molecular weight excluding hydrogens is 440 g/mol. The van der Waals surface area contributed by atoms with Crippen molar-refractivity contribution in [3.63, 3.8) is 0 Å². The molecule has 1 aromatic rings. The molecule has 2 amide bonds. The van der Waals surface area contributed by atoms with E-state index in [1.54, 1.807) is 7.11 Å². The van der Waals surface area contributed by atoms with Crippen molar-refractivity contribution in [1.82, 2.24) is 15.5 Å². The standard InChI is InChI=1S/C24H34N4O6/c1-6-24(22(30)31,28-10-9-26-13-28)11-14(2)7-8-16-19(27-23(32)25-4)18-17(12-34-21(18)29)15(3)20(16)33-5/h7,26H,6,8-13H2,1-5H3,(H,30,31)(H2,25,27,32)/b14-7+. The number of cyclic esters (lactones) is 1. The average Bonchev–Trinajstić information content (AvgIpc) is 3.48. The molecule has 10 heteroatoms. The fourth-order valence-corrected chi connectivity index (χ4v) is 4.87. The minimum absolute atomic E-state index is 0.120. The molecule has 2 aliphatic heterocycles. The summed E-state index contributed by atoms with van der Waals surface area (Å²) in [5.74, 6) is -0.773. The molecule has 0 spiro atoms. The van der Waals surface area contributed by atoms with E-state index in [4.69, 9.17) is 9.47 Å². The number of aliphatic carboxylic acids is 1. The van der Waals surface area contributed by atoms with Gasteiger partial charge >= 0.3 is 18.0 Å². The quantitative estimate of drug-likeness (QED) is 0.317. The van der Waals surface area contributed by atoms with Crippen molar-refractivity contribution in [3.05, 3.63) is 33.9 Å². The van der Waals surface area contributed by atoms with Gasteiger partial charge in [-0.15, -0.1) is 0 Å². The number of amides is 2. The van der Waals surface area contributed by atoms with Crippen LogP contribution in [0.1, 0.15) is 53.7 Å². The second-order valence-corrected chi connectivity index (χ2v) is 8.69. The monoisotopic (exact) mass is 474 g/mol. The van der Waals surface area contributed by atoms with Gasteiger partial charge in [-0.05, 0) is 38.7 Å². The van der Waals surface area contributed by atoms with E-state index in [2.05, 4.69) is 16.0 Å². The van der Waals surface area contributed by atoms with Gasteiger partial charge in [-0.3, -0.25) is 9.69 Å². The maximum absolute atomic E-state index is 12.5. The van der Waals surface area contributed by atoms with Gasteiger partial charge in [0.2, 0.25) is 0 Å². The van der Waals surface area contributed by atoms with E-state index in [1.807, 2.05) is 31.7 Å². The van der Waals surface area contributed by atoms with E-state index in [9.17, 15) is 19.5 Å². The molecule has 186 valence electrons. The Morgan fingerprint density at radius 2 is 2.12 bits per heavy atom. The van der Waals surface area contributed by atoms with Crippen molar-refractivity contribution in [2.75, 3.05) is 39.2 Å². The number of rotatable bonds is 9. The zero-order valence-electron chi connectivity index (χ0n) is 20.5. The highest BCUT2D eigenvalue weighted by Crippen LogP contribution is 2.41. The highest BCUT2D eigenvalue weighted by atomic mass is 16.5. The Balaban J connectivity index is 2.01. The van der Waals surface area contributed by atoms with E-state index in [0.717, 1.165) is 17.7 Å². The SMILES string of the molecule is CCC(C/C(C)=C/Cc1c(NC(=O)NC)c2c(c(C)c1OC)COC2=O)(C(=O)O)N1CCNC1. The molecule has 34 heavy (non-hydrogen) atoms. The third kappa shape index (κ3) is 4.60. The lowest BCUT2D eigenvalue weighted by Gasteiger charge is -2.37. The molecule has 0 bridgehead atoms. The van der Waals surface area contributed by atoms with E-state index >= 15 is 0 Å². The number of ether oxygens (including phenoxy) is 2. The second-order valence-electron chi connectivity index (χ2n) is 8.69. The van der Waals surface area contributed by atoms with E-state index in [-0.39, 0.29) is 6.61 Å². The molecule has 1 atom stereocenters. The van der Waals surface area contributed by atoms with Crippen LogP contribution in [0.3, 0.4) is 0 Å². The minimum Gasteiger partial charge on any atom is -0.496 e. The van der Waals surface area contributed by atoms with Crippen LogP contribution >= 0.6 is 0 Å². The van der Waals surface area contributed by atoms with Crippen LogP contribution in [0.25, 0.3) is 0 Å². The third-order valence-electron chi connectivity index (χ3n) is 6.82. The molecule has 1 fully saturated rings. The van der Waals surface area contributed by atoms with Crippen molar-refractivity contribution in [2.24, 2.45) is 0 Å². The second kappa shape index (κ2) is 10.4. The number of hydrogen-bond donors (Lipinski definition) is 4. The van der Waals surface area contributed by atoms with E-state index in [0.29, 0.717) is 60.6 Å². The summed E-state index contributed by atoms with van der Waals surface area (Å²) in [5, 5.41) is 18.6. The summed E-state index contributed by atoms with van der Waals surface area (Å²) >= 11 is 0. The summed E-state index contributed by atoms with van der Waals surface area (Å²) in [6.45, 7) is 7.74. The first-order valence-electron chi connectivity index (χ1n) is 11.4. The Hall–Kier alpha value is -3.11. The first-order chi connectivity index (χ1) is 16.2. The number of benzene rings is 1. The van der Waals surface area contributed by atoms with Crippen LogP contribution < -0.4 is 20.7 Å². The predicted octanol–water partition coefficient (Wildman–Crippen LogP) is 2.40. The topological polar surface area (TPSA) is 129 Å². The van der Waals surface area contributed by atoms with Crippen LogP contribution in [-0.4, -0.2) is 67.4 Å². The summed E-state index contributed by atoms with van der Waals surface area (Å²) in [4.78, 5) is 39.0. The normalized spacial score (nSPS) is 17.7. The lowest BCUT2D eigenvalue weighted by atomic mass is 9.86. The molecule has 1 unspecified atom stereocenters. The van der Waals surface area contributed by atoms with Crippen LogP contribution in [0.4, 0.5) is 10.5 Å². The third-order valence-corrected chi connectivity index (χ3v) is 6.82. The molecule has 0 radical (unpaired) electrons.